The average Bonchev–Trinajstić information content (AvgIpc) is 3.97. The molecular formula is C51H26B5N5O. The van der Waals surface area contributed by atoms with Gasteiger partial charge in [0.1, 0.15) is 50.4 Å². The Morgan fingerprint density at radius 3 is 1.61 bits per heavy atom. The lowest BCUT2D eigenvalue weighted by Crippen LogP contribution is -2.55. The van der Waals surface area contributed by atoms with Crippen molar-refractivity contribution in [3.63, 3.8) is 0 Å². The van der Waals surface area contributed by atoms with Crippen molar-refractivity contribution in [3.05, 3.63) is 158 Å². The van der Waals surface area contributed by atoms with Crippen LogP contribution in [0.25, 0.3) is 111 Å². The molecule has 6 nitrogen and oxygen atoms in total. The molecule has 8 aromatic carbocycles. The van der Waals surface area contributed by atoms with Crippen molar-refractivity contribution >= 4 is 132 Å². The zero-order valence-electron chi connectivity index (χ0n) is 33.0. The van der Waals surface area contributed by atoms with Crippen molar-refractivity contribution in [2.24, 2.45) is 0 Å². The Morgan fingerprint density at radius 2 is 0.935 bits per heavy atom. The second-order valence-electron chi connectivity index (χ2n) is 15.5. The highest BCUT2D eigenvalue weighted by Gasteiger charge is 2.23. The van der Waals surface area contributed by atoms with Gasteiger partial charge in [-0.25, -0.2) is 4.98 Å². The van der Waals surface area contributed by atoms with Crippen molar-refractivity contribution < 1.29 is 4.42 Å². The Hall–Kier alpha value is -7.51. The zero-order chi connectivity index (χ0) is 41.8. The molecule has 0 bridgehead atoms. The molecule has 0 aliphatic heterocycles. The van der Waals surface area contributed by atoms with Crippen LogP contribution in [-0.4, -0.2) is 63.3 Å². The molecule has 0 aliphatic rings. The van der Waals surface area contributed by atoms with E-state index in [-0.39, 0.29) is 38.7 Å². The van der Waals surface area contributed by atoms with Gasteiger partial charge < -0.3 is 8.98 Å². The Labute approximate surface area is 362 Å². The first kappa shape index (κ1) is 36.4. The third-order valence-electron chi connectivity index (χ3n) is 12.1. The Bertz CT molecular complexity index is 3750. The molecule has 62 heavy (non-hydrogen) atoms. The van der Waals surface area contributed by atoms with E-state index in [2.05, 4.69) is 102 Å². The van der Waals surface area contributed by atoms with Crippen LogP contribution in [0.4, 0.5) is 0 Å². The number of aromatic nitrogens is 5. The van der Waals surface area contributed by atoms with Crippen molar-refractivity contribution in [2.45, 2.75) is 0 Å². The summed E-state index contributed by atoms with van der Waals surface area (Å²) in [6.45, 7) is 0. The molecule has 276 valence electrons. The molecule has 0 aliphatic carbocycles. The number of para-hydroxylation sites is 4. The third-order valence-corrected chi connectivity index (χ3v) is 12.1. The fourth-order valence-electron chi connectivity index (χ4n) is 9.09. The van der Waals surface area contributed by atoms with E-state index in [1.807, 2.05) is 65.2 Å². The van der Waals surface area contributed by atoms with Crippen molar-refractivity contribution in [3.8, 4) is 45.5 Å². The lowest BCUT2D eigenvalue weighted by Gasteiger charge is -2.21. The SMILES string of the molecule is [B]c1c([B])c([B])c(-c2nc(-c3cccc4c3oc3cc(-n5c6ccccc6c6ccc(-c7ccccc7)cc65)ccc34)nc(-n3c4ccccc4c4ccccc43)n2)c([B])c1[B]. The van der Waals surface area contributed by atoms with Gasteiger partial charge in [-0.3, -0.25) is 4.57 Å². The predicted octanol–water partition coefficient (Wildman–Crippen LogP) is 6.94. The number of benzene rings is 8. The fraction of sp³-hybridized carbons (Fsp3) is 0. The van der Waals surface area contributed by atoms with Crippen LogP contribution >= 0.6 is 0 Å². The monoisotopic (exact) mass is 779 g/mol. The van der Waals surface area contributed by atoms with Gasteiger partial charge in [0.25, 0.3) is 0 Å². The number of hydrogen-bond acceptors (Lipinski definition) is 4. The van der Waals surface area contributed by atoms with Crippen molar-refractivity contribution in [2.75, 3.05) is 0 Å². The Balaban J connectivity index is 1.09. The quantitative estimate of drug-likeness (QED) is 0.178. The molecule has 0 saturated heterocycles. The van der Waals surface area contributed by atoms with Crippen LogP contribution in [0.2, 0.25) is 0 Å². The zero-order valence-corrected chi connectivity index (χ0v) is 33.0. The summed E-state index contributed by atoms with van der Waals surface area (Å²) >= 11 is 0. The first-order valence-electron chi connectivity index (χ1n) is 20.1. The number of furan rings is 1. The van der Waals surface area contributed by atoms with E-state index < -0.39 is 0 Å². The number of rotatable bonds is 5. The first-order valence-corrected chi connectivity index (χ1v) is 20.1. The van der Waals surface area contributed by atoms with Crippen LogP contribution in [0.3, 0.4) is 0 Å². The van der Waals surface area contributed by atoms with Gasteiger partial charge in [0.05, 0.1) is 27.6 Å². The number of fused-ring (bicyclic) bond motifs is 9. The highest BCUT2D eigenvalue weighted by molar-refractivity contribution is 6.68. The van der Waals surface area contributed by atoms with Gasteiger partial charge >= 0.3 is 0 Å². The summed E-state index contributed by atoms with van der Waals surface area (Å²) in [4.78, 5) is 15.3. The summed E-state index contributed by atoms with van der Waals surface area (Å²) in [6, 6.07) is 54.2. The normalized spacial score (nSPS) is 11.9. The average molecular weight is 779 g/mol. The molecule has 12 rings (SSSR count). The Morgan fingerprint density at radius 1 is 0.387 bits per heavy atom. The number of nitrogens with zero attached hydrogens (tertiary/aromatic N) is 5. The Kier molecular flexibility index (Phi) is 8.07. The highest BCUT2D eigenvalue weighted by Crippen LogP contribution is 2.40. The molecular weight excluding hydrogens is 753 g/mol. The van der Waals surface area contributed by atoms with E-state index in [1.54, 1.807) is 0 Å². The van der Waals surface area contributed by atoms with Gasteiger partial charge in [-0.1, -0.05) is 120 Å². The van der Waals surface area contributed by atoms with Gasteiger partial charge in [0.2, 0.25) is 5.95 Å². The van der Waals surface area contributed by atoms with E-state index in [0.29, 0.717) is 28.5 Å². The summed E-state index contributed by atoms with van der Waals surface area (Å²) < 4.78 is 11.2. The van der Waals surface area contributed by atoms with Crippen LogP contribution in [0.15, 0.2) is 162 Å². The molecule has 12 aromatic rings. The van der Waals surface area contributed by atoms with Crippen molar-refractivity contribution in [1.29, 1.82) is 0 Å². The third kappa shape index (κ3) is 5.34. The topological polar surface area (TPSA) is 61.7 Å². The molecule has 0 atom stereocenters. The molecule has 0 N–H and O–H groups in total. The molecule has 0 unspecified atom stereocenters. The van der Waals surface area contributed by atoms with E-state index in [1.165, 1.54) is 10.8 Å². The first-order chi connectivity index (χ1) is 30.3. The van der Waals surface area contributed by atoms with Crippen LogP contribution in [-0.2, 0) is 0 Å². The summed E-state index contributed by atoms with van der Waals surface area (Å²) in [6.07, 6.45) is 0. The molecule has 4 aromatic heterocycles. The summed E-state index contributed by atoms with van der Waals surface area (Å²) in [5.41, 5.74) is 10.0. The molecule has 10 radical (unpaired) electrons. The van der Waals surface area contributed by atoms with Crippen molar-refractivity contribution in [1.82, 2.24) is 24.1 Å². The van der Waals surface area contributed by atoms with Gasteiger partial charge in [-0.2, -0.15) is 9.97 Å². The second-order valence-corrected chi connectivity index (χ2v) is 15.5. The van der Waals surface area contributed by atoms with E-state index in [4.69, 9.17) is 58.6 Å². The fourth-order valence-corrected chi connectivity index (χ4v) is 9.09. The minimum absolute atomic E-state index is 0.0989. The van der Waals surface area contributed by atoms with E-state index >= 15 is 0 Å². The lowest BCUT2D eigenvalue weighted by molar-refractivity contribution is 0.669. The molecule has 4 heterocycles. The molecule has 11 heteroatoms. The van der Waals surface area contributed by atoms with Gasteiger partial charge in [-0.05, 0) is 53.6 Å². The predicted molar refractivity (Wildman–Crippen MR) is 259 cm³/mol. The summed E-state index contributed by atoms with van der Waals surface area (Å²) in [5, 5.41) is 6.27. The molecule has 0 amide bonds. The summed E-state index contributed by atoms with van der Waals surface area (Å²) in [7, 11) is 32.3. The molecule has 0 fully saturated rings. The maximum absolute atomic E-state index is 6.89. The second kappa shape index (κ2) is 13.8. The minimum Gasteiger partial charge on any atom is -0.455 e. The number of hydrogen-bond donors (Lipinski definition) is 0. The lowest BCUT2D eigenvalue weighted by atomic mass is 9.60. The molecule has 0 spiro atoms. The van der Waals surface area contributed by atoms with Crippen LogP contribution in [0.5, 0.6) is 0 Å². The smallest absolute Gasteiger partial charge is 0.238 e. The van der Waals surface area contributed by atoms with Crippen LogP contribution in [0, 0.1) is 0 Å². The van der Waals surface area contributed by atoms with E-state index in [9.17, 15) is 0 Å². The van der Waals surface area contributed by atoms with Gasteiger partial charge in [0.15, 0.2) is 11.6 Å². The maximum atomic E-state index is 6.89. The van der Waals surface area contributed by atoms with E-state index in [0.717, 1.165) is 60.4 Å². The summed E-state index contributed by atoms with van der Waals surface area (Å²) in [5.74, 6) is 0.851. The largest absolute Gasteiger partial charge is 0.455 e. The van der Waals surface area contributed by atoms with Crippen LogP contribution in [0.1, 0.15) is 0 Å². The van der Waals surface area contributed by atoms with Crippen LogP contribution < -0.4 is 27.3 Å². The minimum atomic E-state index is 0.0989. The maximum Gasteiger partial charge on any atom is 0.238 e. The standard InChI is InChI=1S/C51H26B5N5O/c52-43-42(44(53)46(55)47(56)45(43)54)50-57-49(58-51(59-50)61-38-19-8-5-13-30(38)31-14-6-9-20-39(31)61)36-17-10-16-35-34-24-22-29(26-41(34)62-48(35)36)60-37-18-7-4-15-32(37)33-23-21-28(25-40(33)60)27-11-2-1-3-12-27/h1-26H. The van der Waals surface area contributed by atoms with Gasteiger partial charge in [0, 0.05) is 49.6 Å². The van der Waals surface area contributed by atoms with Gasteiger partial charge in [-0.15, -0.1) is 16.4 Å². The molecule has 0 saturated carbocycles. The highest BCUT2D eigenvalue weighted by atomic mass is 16.3.